The van der Waals surface area contributed by atoms with E-state index in [2.05, 4.69) is 3.53 Å². The van der Waals surface area contributed by atoms with Gasteiger partial charge in [-0.05, 0) is 18.9 Å². The molecule has 0 fully saturated rings. The summed E-state index contributed by atoms with van der Waals surface area (Å²) in [6.07, 6.45) is 4.63. The van der Waals surface area contributed by atoms with E-state index in [9.17, 15) is 9.59 Å². The first-order chi connectivity index (χ1) is 6.15. The lowest BCUT2D eigenvalue weighted by molar-refractivity contribution is -0.115. The zero-order valence-corrected chi connectivity index (χ0v) is 9.00. The van der Waals surface area contributed by atoms with Gasteiger partial charge in [-0.3, -0.25) is 13.1 Å². The molecule has 0 bridgehead atoms. The minimum Gasteiger partial charge on any atom is -0.366 e. The van der Waals surface area contributed by atoms with Gasteiger partial charge in [0.15, 0.2) is 0 Å². The smallest absolute Gasteiger partial charge is 0.255 e. The van der Waals surface area contributed by atoms with Crippen LogP contribution in [0.15, 0.2) is 23.3 Å². The summed E-state index contributed by atoms with van der Waals surface area (Å²) >= 11 is 1.76. The topological polar surface area (TPSA) is 72.2 Å². The first-order valence-corrected chi connectivity index (χ1v) is 4.84. The van der Waals surface area contributed by atoms with E-state index in [0.717, 1.165) is 0 Å². The monoisotopic (exact) mass is 292 g/mol. The van der Waals surface area contributed by atoms with E-state index in [-0.39, 0.29) is 5.91 Å². The molecule has 0 aromatic carbocycles. The largest absolute Gasteiger partial charge is 0.366 e. The van der Waals surface area contributed by atoms with Gasteiger partial charge in [-0.1, -0.05) is 6.08 Å². The molecule has 3 N–H and O–H groups in total. The molecule has 0 spiro atoms. The Morgan fingerprint density at radius 2 is 2.23 bits per heavy atom. The number of nitrogens with two attached hydrogens (primary N) is 1. The van der Waals surface area contributed by atoms with Gasteiger partial charge in [0.25, 0.3) is 5.91 Å². The number of nitrogens with one attached hydrogen (secondary N) is 1. The van der Waals surface area contributed by atoms with Crippen molar-refractivity contribution in [3.63, 3.8) is 0 Å². The van der Waals surface area contributed by atoms with Crippen LogP contribution in [0.4, 0.5) is 0 Å². The van der Waals surface area contributed by atoms with E-state index in [0.29, 0.717) is 24.0 Å². The fourth-order valence-electron chi connectivity index (χ4n) is 1.11. The number of allylic oxidation sites excluding steroid dienone is 1. The lowest BCUT2D eigenvalue weighted by atomic mass is 9.99. The molecular formula is C8H9IN2O2. The molecule has 2 amide bonds. The van der Waals surface area contributed by atoms with Crippen LogP contribution in [-0.2, 0) is 9.59 Å². The molecule has 0 aliphatic heterocycles. The van der Waals surface area contributed by atoms with Gasteiger partial charge in [0.2, 0.25) is 5.91 Å². The van der Waals surface area contributed by atoms with Crippen molar-refractivity contribution in [1.29, 1.82) is 0 Å². The van der Waals surface area contributed by atoms with Crippen LogP contribution in [0.3, 0.4) is 0 Å². The number of rotatable bonds is 2. The van der Waals surface area contributed by atoms with Gasteiger partial charge in [0.05, 0.1) is 22.9 Å². The predicted octanol–water partition coefficient (Wildman–Crippen LogP) is 0.585. The first-order valence-electron chi connectivity index (χ1n) is 3.76. The van der Waals surface area contributed by atoms with Crippen molar-refractivity contribution in [3.05, 3.63) is 23.3 Å². The molecule has 70 valence electrons. The van der Waals surface area contributed by atoms with E-state index in [4.69, 9.17) is 5.73 Å². The van der Waals surface area contributed by atoms with Crippen molar-refractivity contribution in [3.8, 4) is 0 Å². The van der Waals surface area contributed by atoms with E-state index >= 15 is 0 Å². The van der Waals surface area contributed by atoms with Crippen molar-refractivity contribution >= 4 is 34.7 Å². The fraction of sp³-hybridized carbons (Fsp3) is 0.250. The number of carbonyl (C=O) groups excluding carboxylic acids is 2. The third-order valence-electron chi connectivity index (χ3n) is 1.77. The number of carbonyl (C=O) groups is 2. The van der Waals surface area contributed by atoms with Gasteiger partial charge in [-0.25, -0.2) is 0 Å². The summed E-state index contributed by atoms with van der Waals surface area (Å²) in [5.41, 5.74) is 6.11. The molecule has 0 heterocycles. The lowest BCUT2D eigenvalue weighted by Gasteiger charge is -2.09. The third-order valence-corrected chi connectivity index (χ3v) is 2.26. The minimum atomic E-state index is -0.488. The molecule has 0 unspecified atom stereocenters. The summed E-state index contributed by atoms with van der Waals surface area (Å²) in [4.78, 5) is 22.0. The minimum absolute atomic E-state index is 0.160. The molecule has 0 saturated carbocycles. The van der Waals surface area contributed by atoms with E-state index < -0.39 is 5.91 Å². The van der Waals surface area contributed by atoms with E-state index in [1.165, 1.54) is 0 Å². The van der Waals surface area contributed by atoms with Crippen LogP contribution in [0.2, 0.25) is 0 Å². The quantitative estimate of drug-likeness (QED) is 0.577. The zero-order chi connectivity index (χ0) is 9.84. The van der Waals surface area contributed by atoms with E-state index in [1.807, 2.05) is 0 Å². The Labute approximate surface area is 89.7 Å². The second kappa shape index (κ2) is 4.40. The first kappa shape index (κ1) is 10.2. The summed E-state index contributed by atoms with van der Waals surface area (Å²) in [6.45, 7) is 0. The summed E-state index contributed by atoms with van der Waals surface area (Å²) in [7, 11) is 0. The van der Waals surface area contributed by atoms with Crippen LogP contribution in [-0.4, -0.2) is 11.8 Å². The maximum atomic E-state index is 11.2. The molecule has 0 saturated heterocycles. The molecule has 0 radical (unpaired) electrons. The molecule has 0 aromatic rings. The van der Waals surface area contributed by atoms with Gasteiger partial charge in [-0.2, -0.15) is 0 Å². The summed E-state index contributed by atoms with van der Waals surface area (Å²) in [5, 5.41) is 0. The standard InChI is InChI=1S/C8H9IN2O2/c9-11-8(13)6-3-1-2-5(4-6)7(10)12/h2,4H,1,3H2,(H2,10,12)(H,11,13). The van der Waals surface area contributed by atoms with Crippen molar-refractivity contribution in [1.82, 2.24) is 3.53 Å². The zero-order valence-electron chi connectivity index (χ0n) is 6.84. The molecule has 0 aromatic heterocycles. The average Bonchev–Trinajstić information content (AvgIpc) is 2.17. The van der Waals surface area contributed by atoms with Crippen molar-refractivity contribution in [2.24, 2.45) is 5.73 Å². The Balaban J connectivity index is 2.84. The van der Waals surface area contributed by atoms with Crippen LogP contribution in [0.5, 0.6) is 0 Å². The van der Waals surface area contributed by atoms with Gasteiger partial charge in [0.1, 0.15) is 0 Å². The predicted molar refractivity (Wildman–Crippen MR) is 56.8 cm³/mol. The molecular weight excluding hydrogens is 283 g/mol. The second-order valence-corrected chi connectivity index (χ2v) is 3.19. The Kier molecular flexibility index (Phi) is 3.47. The normalized spacial score (nSPS) is 15.8. The third kappa shape index (κ3) is 2.55. The maximum absolute atomic E-state index is 11.2. The number of hydrogen-bond donors (Lipinski definition) is 2. The Bertz CT molecular complexity index is 307. The number of hydrogen-bond acceptors (Lipinski definition) is 2. The molecule has 0 atom stereocenters. The van der Waals surface area contributed by atoms with Crippen molar-refractivity contribution in [2.75, 3.05) is 0 Å². The highest BCUT2D eigenvalue weighted by atomic mass is 127. The highest BCUT2D eigenvalue weighted by molar-refractivity contribution is 14.1. The number of amides is 2. The van der Waals surface area contributed by atoms with Crippen molar-refractivity contribution < 1.29 is 9.59 Å². The van der Waals surface area contributed by atoms with Gasteiger partial charge in [-0.15, -0.1) is 0 Å². The molecule has 1 aliphatic rings. The summed E-state index contributed by atoms with van der Waals surface area (Å²) in [5.74, 6) is -0.647. The summed E-state index contributed by atoms with van der Waals surface area (Å²) < 4.78 is 2.48. The summed E-state index contributed by atoms with van der Waals surface area (Å²) in [6, 6.07) is 0. The van der Waals surface area contributed by atoms with Crippen LogP contribution in [0.1, 0.15) is 12.8 Å². The fourth-order valence-corrected chi connectivity index (χ4v) is 1.46. The van der Waals surface area contributed by atoms with Gasteiger partial charge >= 0.3 is 0 Å². The van der Waals surface area contributed by atoms with Crippen LogP contribution in [0.25, 0.3) is 0 Å². The lowest BCUT2D eigenvalue weighted by Crippen LogP contribution is -2.19. The highest BCUT2D eigenvalue weighted by Crippen LogP contribution is 2.17. The van der Waals surface area contributed by atoms with Gasteiger partial charge in [0, 0.05) is 11.1 Å². The maximum Gasteiger partial charge on any atom is 0.255 e. The Morgan fingerprint density at radius 1 is 1.54 bits per heavy atom. The Morgan fingerprint density at radius 3 is 2.77 bits per heavy atom. The molecule has 4 nitrogen and oxygen atoms in total. The molecule has 1 rings (SSSR count). The van der Waals surface area contributed by atoms with Crippen LogP contribution < -0.4 is 9.26 Å². The molecule has 1 aliphatic carbocycles. The highest BCUT2D eigenvalue weighted by Gasteiger charge is 2.14. The van der Waals surface area contributed by atoms with Gasteiger partial charge < -0.3 is 5.73 Å². The number of primary amides is 1. The SMILES string of the molecule is NC(=O)C1=CCCC(C(=O)NI)=C1. The Hall–Kier alpha value is -0.850. The number of halogens is 1. The average molecular weight is 292 g/mol. The molecule has 5 heteroatoms. The van der Waals surface area contributed by atoms with Crippen LogP contribution in [0, 0.1) is 0 Å². The van der Waals surface area contributed by atoms with E-state index in [1.54, 1.807) is 35.0 Å². The molecule has 13 heavy (non-hydrogen) atoms. The van der Waals surface area contributed by atoms with Crippen molar-refractivity contribution in [2.45, 2.75) is 12.8 Å². The second-order valence-electron chi connectivity index (χ2n) is 2.66. The van der Waals surface area contributed by atoms with Crippen LogP contribution >= 0.6 is 22.9 Å².